The van der Waals surface area contributed by atoms with Crippen molar-refractivity contribution in [2.45, 2.75) is 26.3 Å². The quantitative estimate of drug-likeness (QED) is 0.861. The van der Waals surface area contributed by atoms with Crippen molar-refractivity contribution < 1.29 is 18.7 Å². The van der Waals surface area contributed by atoms with Gasteiger partial charge in [0, 0.05) is 0 Å². The lowest BCUT2D eigenvalue weighted by Crippen LogP contribution is -2.31. The van der Waals surface area contributed by atoms with Crippen LogP contribution in [0, 0.1) is 28.9 Å². The lowest BCUT2D eigenvalue weighted by Gasteiger charge is -2.18. The summed E-state index contributed by atoms with van der Waals surface area (Å²) in [6, 6.07) is 2.26. The van der Waals surface area contributed by atoms with Gasteiger partial charge >= 0.3 is 5.97 Å². The fraction of sp³-hybridized carbons (Fsp3) is 0.385. The van der Waals surface area contributed by atoms with Gasteiger partial charge in [-0.1, -0.05) is 13.8 Å². The lowest BCUT2D eigenvalue weighted by atomic mass is 10.0. The topological polar surface area (TPSA) is 73.1 Å². The van der Waals surface area contributed by atoms with E-state index in [0.717, 1.165) is 12.1 Å². The largest absolute Gasteiger partial charge is 0.480 e. The summed E-state index contributed by atoms with van der Waals surface area (Å²) in [6.07, 6.45) is 0.230. The van der Waals surface area contributed by atoms with Crippen molar-refractivity contribution in [3.8, 4) is 6.07 Å². The SMILES string of the molecule is CC(C)C[C@H](Nc1c(F)cc(C#N)cc1F)C(=O)O. The molecule has 102 valence electrons. The van der Waals surface area contributed by atoms with E-state index in [1.165, 1.54) is 0 Å². The van der Waals surface area contributed by atoms with Crippen LogP contribution in [0.3, 0.4) is 0 Å². The maximum Gasteiger partial charge on any atom is 0.326 e. The van der Waals surface area contributed by atoms with Crippen LogP contribution in [0.2, 0.25) is 0 Å². The summed E-state index contributed by atoms with van der Waals surface area (Å²) < 4.78 is 27.2. The summed E-state index contributed by atoms with van der Waals surface area (Å²) in [5.41, 5.74) is -0.677. The smallest absolute Gasteiger partial charge is 0.326 e. The molecule has 0 saturated carbocycles. The van der Waals surface area contributed by atoms with Crippen LogP contribution in [0.4, 0.5) is 14.5 Å². The van der Waals surface area contributed by atoms with Gasteiger partial charge in [-0.2, -0.15) is 5.26 Å². The summed E-state index contributed by atoms with van der Waals surface area (Å²) in [5, 5.41) is 19.9. The Kier molecular flexibility index (Phi) is 4.81. The number of hydrogen-bond donors (Lipinski definition) is 2. The van der Waals surface area contributed by atoms with Gasteiger partial charge in [-0.25, -0.2) is 13.6 Å². The standard InChI is InChI=1S/C13H14F2N2O2/c1-7(2)3-11(13(18)19)17-12-9(14)4-8(6-16)5-10(12)15/h4-5,7,11,17H,3H2,1-2H3,(H,18,19)/t11-/m0/s1. The first-order valence-electron chi connectivity index (χ1n) is 5.73. The number of benzene rings is 1. The molecule has 0 unspecified atom stereocenters. The van der Waals surface area contributed by atoms with Gasteiger partial charge in [0.1, 0.15) is 11.7 Å². The molecule has 0 saturated heterocycles. The second-order valence-corrected chi connectivity index (χ2v) is 4.59. The maximum absolute atomic E-state index is 13.6. The zero-order valence-electron chi connectivity index (χ0n) is 10.6. The van der Waals surface area contributed by atoms with Crippen LogP contribution in [-0.2, 0) is 4.79 Å². The molecule has 0 radical (unpaired) electrons. The highest BCUT2D eigenvalue weighted by Gasteiger charge is 2.22. The number of halogens is 2. The van der Waals surface area contributed by atoms with Crippen LogP contribution < -0.4 is 5.32 Å². The van der Waals surface area contributed by atoms with Gasteiger partial charge < -0.3 is 10.4 Å². The van der Waals surface area contributed by atoms with Crippen LogP contribution in [0.25, 0.3) is 0 Å². The van der Waals surface area contributed by atoms with Crippen LogP contribution in [0.5, 0.6) is 0 Å². The van der Waals surface area contributed by atoms with Crippen molar-refractivity contribution in [1.29, 1.82) is 5.26 Å². The number of carboxylic acid groups (broad SMARTS) is 1. The van der Waals surface area contributed by atoms with Crippen molar-refractivity contribution in [3.63, 3.8) is 0 Å². The minimum absolute atomic E-state index is 0.0538. The van der Waals surface area contributed by atoms with E-state index in [-0.39, 0.29) is 17.9 Å². The van der Waals surface area contributed by atoms with Crippen molar-refractivity contribution in [1.82, 2.24) is 0 Å². The van der Waals surface area contributed by atoms with Crippen LogP contribution in [0.1, 0.15) is 25.8 Å². The third-order valence-electron chi connectivity index (χ3n) is 2.49. The lowest BCUT2D eigenvalue weighted by molar-refractivity contribution is -0.138. The summed E-state index contributed by atoms with van der Waals surface area (Å²) in [4.78, 5) is 11.0. The Hall–Kier alpha value is -2.16. The molecule has 0 aliphatic heterocycles. The minimum Gasteiger partial charge on any atom is -0.480 e. The van der Waals surface area contributed by atoms with Gasteiger partial charge in [0.05, 0.1) is 11.6 Å². The Bertz CT molecular complexity index is 501. The molecule has 0 fully saturated rings. The van der Waals surface area contributed by atoms with Gasteiger partial charge in [0.15, 0.2) is 11.6 Å². The number of aliphatic carboxylic acids is 1. The van der Waals surface area contributed by atoms with Crippen LogP contribution in [0.15, 0.2) is 12.1 Å². The number of hydrogen-bond acceptors (Lipinski definition) is 3. The van der Waals surface area contributed by atoms with Gasteiger partial charge in [0.2, 0.25) is 0 Å². The van der Waals surface area contributed by atoms with Gasteiger partial charge in [0.25, 0.3) is 0 Å². The molecule has 6 heteroatoms. The Morgan fingerprint density at radius 2 is 1.95 bits per heavy atom. The predicted molar refractivity (Wildman–Crippen MR) is 65.6 cm³/mol. The summed E-state index contributed by atoms with van der Waals surface area (Å²) in [5.74, 6) is -3.09. The van der Waals surface area contributed by atoms with E-state index < -0.39 is 29.3 Å². The number of nitrogens with zero attached hydrogens (tertiary/aromatic N) is 1. The Morgan fingerprint density at radius 1 is 1.42 bits per heavy atom. The fourth-order valence-corrected chi connectivity index (χ4v) is 1.64. The van der Waals surface area contributed by atoms with Gasteiger partial charge in [-0.15, -0.1) is 0 Å². The highest BCUT2D eigenvalue weighted by molar-refractivity contribution is 5.77. The van der Waals surface area contributed by atoms with E-state index >= 15 is 0 Å². The second kappa shape index (κ2) is 6.14. The number of carbonyl (C=O) groups is 1. The van der Waals surface area contributed by atoms with E-state index in [1.807, 2.05) is 13.8 Å². The highest BCUT2D eigenvalue weighted by Crippen LogP contribution is 2.22. The van der Waals surface area contributed by atoms with Crippen LogP contribution >= 0.6 is 0 Å². The summed E-state index contributed by atoms with van der Waals surface area (Å²) in [6.45, 7) is 3.62. The molecule has 1 aromatic rings. The Morgan fingerprint density at radius 3 is 2.32 bits per heavy atom. The van der Waals surface area contributed by atoms with Crippen molar-refractivity contribution in [2.24, 2.45) is 5.92 Å². The first-order chi connectivity index (χ1) is 8.85. The first kappa shape index (κ1) is 14.9. The molecular weight excluding hydrogens is 254 g/mol. The van der Waals surface area contributed by atoms with E-state index in [9.17, 15) is 13.6 Å². The number of nitriles is 1. The molecule has 1 aromatic carbocycles. The third kappa shape index (κ3) is 3.91. The van der Waals surface area contributed by atoms with E-state index in [4.69, 9.17) is 10.4 Å². The van der Waals surface area contributed by atoms with E-state index in [2.05, 4.69) is 5.32 Å². The average Bonchev–Trinajstić information content (AvgIpc) is 2.31. The fourth-order valence-electron chi connectivity index (χ4n) is 1.64. The molecule has 0 aliphatic carbocycles. The van der Waals surface area contributed by atoms with E-state index in [0.29, 0.717) is 0 Å². The molecule has 0 aliphatic rings. The summed E-state index contributed by atoms with van der Waals surface area (Å²) in [7, 11) is 0. The number of nitrogens with one attached hydrogen (secondary N) is 1. The molecule has 1 rings (SSSR count). The molecule has 0 spiro atoms. The van der Waals surface area contributed by atoms with Gasteiger partial charge in [-0.05, 0) is 24.5 Å². The molecular formula is C13H14F2N2O2. The van der Waals surface area contributed by atoms with Crippen molar-refractivity contribution in [2.75, 3.05) is 5.32 Å². The van der Waals surface area contributed by atoms with E-state index in [1.54, 1.807) is 6.07 Å². The second-order valence-electron chi connectivity index (χ2n) is 4.59. The Balaban J connectivity index is 3.03. The third-order valence-corrected chi connectivity index (χ3v) is 2.49. The van der Waals surface area contributed by atoms with Crippen molar-refractivity contribution in [3.05, 3.63) is 29.3 Å². The summed E-state index contributed by atoms with van der Waals surface area (Å²) >= 11 is 0. The molecule has 4 nitrogen and oxygen atoms in total. The molecule has 0 aromatic heterocycles. The minimum atomic E-state index is -1.18. The molecule has 0 bridgehead atoms. The first-order valence-corrected chi connectivity index (χ1v) is 5.73. The predicted octanol–water partition coefficient (Wildman–Crippen LogP) is 2.75. The Labute approximate surface area is 109 Å². The van der Waals surface area contributed by atoms with Crippen LogP contribution in [-0.4, -0.2) is 17.1 Å². The molecule has 19 heavy (non-hydrogen) atoms. The normalized spacial score (nSPS) is 12.0. The number of rotatable bonds is 5. The molecule has 1 atom stereocenters. The van der Waals surface area contributed by atoms with Crippen molar-refractivity contribution >= 4 is 11.7 Å². The molecule has 0 amide bonds. The molecule has 0 heterocycles. The highest BCUT2D eigenvalue weighted by atomic mass is 19.1. The zero-order valence-corrected chi connectivity index (χ0v) is 10.6. The zero-order chi connectivity index (χ0) is 14.6. The molecule has 2 N–H and O–H groups in total. The maximum atomic E-state index is 13.6. The number of carboxylic acids is 1. The average molecular weight is 268 g/mol. The number of anilines is 1. The van der Waals surface area contributed by atoms with Gasteiger partial charge in [-0.3, -0.25) is 0 Å². The monoisotopic (exact) mass is 268 g/mol.